The van der Waals surface area contributed by atoms with Crippen LogP contribution >= 0.6 is 0 Å². The van der Waals surface area contributed by atoms with Gasteiger partial charge in [0, 0.05) is 13.1 Å². The molecule has 1 amide bonds. The molecule has 0 radical (unpaired) electrons. The summed E-state index contributed by atoms with van der Waals surface area (Å²) < 4.78 is 5.40. The lowest BCUT2D eigenvalue weighted by atomic mass is 9.74. The number of carbonyl (C=O) groups excluding carboxylic acids is 1. The van der Waals surface area contributed by atoms with E-state index in [4.69, 9.17) is 4.74 Å². The second kappa shape index (κ2) is 6.86. The summed E-state index contributed by atoms with van der Waals surface area (Å²) in [5.41, 5.74) is -0.477. The molecular formula is C16H28N2O4. The minimum atomic E-state index is -0.680. The van der Waals surface area contributed by atoms with E-state index in [0.717, 1.165) is 25.9 Å². The van der Waals surface area contributed by atoms with Crippen molar-refractivity contribution < 1.29 is 19.4 Å². The van der Waals surface area contributed by atoms with Crippen LogP contribution in [-0.2, 0) is 9.53 Å². The van der Waals surface area contributed by atoms with Gasteiger partial charge in [-0.1, -0.05) is 0 Å². The molecule has 0 aromatic heterocycles. The average Bonchev–Trinajstić information content (AvgIpc) is 2.45. The van der Waals surface area contributed by atoms with Crippen LogP contribution in [0, 0.1) is 17.8 Å². The summed E-state index contributed by atoms with van der Waals surface area (Å²) in [6.45, 7) is 8.46. The topological polar surface area (TPSA) is 78.9 Å². The first-order chi connectivity index (χ1) is 10.3. The Balaban J connectivity index is 1.88. The van der Waals surface area contributed by atoms with Crippen molar-refractivity contribution in [2.24, 2.45) is 17.8 Å². The molecule has 22 heavy (non-hydrogen) atoms. The number of hydrogen-bond acceptors (Lipinski definition) is 4. The highest BCUT2D eigenvalue weighted by Gasteiger charge is 2.38. The number of likely N-dealkylation sites (tertiary alicyclic amines) is 1. The molecule has 0 aromatic rings. The molecule has 126 valence electrons. The number of amides is 1. The Bertz CT molecular complexity index is 411. The van der Waals surface area contributed by atoms with Crippen LogP contribution in [0.25, 0.3) is 0 Å². The van der Waals surface area contributed by atoms with Crippen molar-refractivity contribution >= 4 is 12.1 Å². The normalized spacial score (nSPS) is 27.5. The van der Waals surface area contributed by atoms with Gasteiger partial charge in [0.2, 0.25) is 0 Å². The number of piperidine rings is 2. The van der Waals surface area contributed by atoms with Crippen LogP contribution in [0.15, 0.2) is 0 Å². The van der Waals surface area contributed by atoms with E-state index < -0.39 is 11.6 Å². The summed E-state index contributed by atoms with van der Waals surface area (Å²) in [5, 5.41) is 12.7. The lowest BCUT2D eigenvalue weighted by molar-refractivity contribution is -0.145. The summed E-state index contributed by atoms with van der Waals surface area (Å²) >= 11 is 0. The van der Waals surface area contributed by atoms with Crippen molar-refractivity contribution in [3.05, 3.63) is 0 Å². The molecule has 0 spiro atoms. The van der Waals surface area contributed by atoms with Gasteiger partial charge in [0.1, 0.15) is 5.60 Å². The zero-order valence-corrected chi connectivity index (χ0v) is 13.8. The maximum Gasteiger partial charge on any atom is 0.410 e. The molecule has 2 rings (SSSR count). The monoisotopic (exact) mass is 312 g/mol. The molecule has 6 heteroatoms. The van der Waals surface area contributed by atoms with Crippen LogP contribution in [0.2, 0.25) is 0 Å². The summed E-state index contributed by atoms with van der Waals surface area (Å²) in [6, 6.07) is 0. The molecule has 0 aliphatic carbocycles. The summed E-state index contributed by atoms with van der Waals surface area (Å²) in [4.78, 5) is 25.2. The van der Waals surface area contributed by atoms with Crippen LogP contribution in [-0.4, -0.2) is 53.8 Å². The van der Waals surface area contributed by atoms with E-state index >= 15 is 0 Å². The van der Waals surface area contributed by atoms with E-state index in [1.165, 1.54) is 0 Å². The van der Waals surface area contributed by atoms with Gasteiger partial charge in [0.25, 0.3) is 0 Å². The van der Waals surface area contributed by atoms with Crippen molar-refractivity contribution in [2.45, 2.75) is 45.6 Å². The molecule has 0 aromatic carbocycles. The van der Waals surface area contributed by atoms with Crippen molar-refractivity contribution in [1.82, 2.24) is 10.2 Å². The van der Waals surface area contributed by atoms with Crippen LogP contribution in [0.3, 0.4) is 0 Å². The fourth-order valence-corrected chi connectivity index (χ4v) is 3.52. The van der Waals surface area contributed by atoms with Gasteiger partial charge in [0.05, 0.1) is 5.92 Å². The lowest BCUT2D eigenvalue weighted by Crippen LogP contribution is -2.48. The zero-order chi connectivity index (χ0) is 16.3. The third kappa shape index (κ3) is 4.35. The summed E-state index contributed by atoms with van der Waals surface area (Å²) in [7, 11) is 0. The second-order valence-corrected chi connectivity index (χ2v) is 7.41. The highest BCUT2D eigenvalue weighted by atomic mass is 16.6. The SMILES string of the molecule is CC(C)(C)OC(=O)N1CCC(C2CNCCC2C(=O)O)CC1. The molecule has 2 aliphatic rings. The van der Waals surface area contributed by atoms with Crippen LogP contribution in [0.5, 0.6) is 0 Å². The first-order valence-corrected chi connectivity index (χ1v) is 8.19. The van der Waals surface area contributed by atoms with E-state index in [-0.39, 0.29) is 17.9 Å². The number of carbonyl (C=O) groups is 2. The van der Waals surface area contributed by atoms with Gasteiger partial charge in [-0.15, -0.1) is 0 Å². The summed E-state index contributed by atoms with van der Waals surface area (Å²) in [5.74, 6) is -0.389. The Kier molecular flexibility index (Phi) is 5.32. The molecule has 2 N–H and O–H groups in total. The smallest absolute Gasteiger partial charge is 0.410 e. The van der Waals surface area contributed by atoms with Crippen molar-refractivity contribution in [3.8, 4) is 0 Å². The zero-order valence-electron chi connectivity index (χ0n) is 13.8. The second-order valence-electron chi connectivity index (χ2n) is 7.41. The lowest BCUT2D eigenvalue weighted by Gasteiger charge is -2.40. The molecular weight excluding hydrogens is 284 g/mol. The largest absolute Gasteiger partial charge is 0.481 e. The van der Waals surface area contributed by atoms with Crippen LogP contribution < -0.4 is 5.32 Å². The Morgan fingerprint density at radius 3 is 2.36 bits per heavy atom. The number of carboxylic acid groups (broad SMARTS) is 1. The Hall–Kier alpha value is -1.30. The van der Waals surface area contributed by atoms with E-state index in [1.807, 2.05) is 20.8 Å². The van der Waals surface area contributed by atoms with Crippen LogP contribution in [0.1, 0.15) is 40.0 Å². The number of carboxylic acids is 1. The molecule has 2 saturated heterocycles. The van der Waals surface area contributed by atoms with E-state index in [9.17, 15) is 14.7 Å². The van der Waals surface area contributed by atoms with Gasteiger partial charge in [-0.25, -0.2) is 4.79 Å². The number of nitrogens with one attached hydrogen (secondary N) is 1. The third-order valence-corrected chi connectivity index (χ3v) is 4.64. The van der Waals surface area contributed by atoms with E-state index in [1.54, 1.807) is 4.90 Å². The van der Waals surface area contributed by atoms with Gasteiger partial charge >= 0.3 is 12.1 Å². The average molecular weight is 312 g/mol. The first kappa shape index (κ1) is 17.1. The molecule has 2 atom stereocenters. The molecule has 2 aliphatic heterocycles. The number of aliphatic carboxylic acids is 1. The molecule has 2 fully saturated rings. The standard InChI is InChI=1S/C16H28N2O4/c1-16(2,3)22-15(21)18-8-5-11(6-9-18)13-10-17-7-4-12(13)14(19)20/h11-13,17H,4-10H2,1-3H3,(H,19,20). The Labute approximate surface area is 132 Å². The van der Waals surface area contributed by atoms with Crippen molar-refractivity contribution in [2.75, 3.05) is 26.2 Å². The highest BCUT2D eigenvalue weighted by molar-refractivity contribution is 5.70. The predicted molar refractivity (Wildman–Crippen MR) is 82.6 cm³/mol. The van der Waals surface area contributed by atoms with Gasteiger partial charge in [0.15, 0.2) is 0 Å². The Morgan fingerprint density at radius 2 is 1.82 bits per heavy atom. The molecule has 2 unspecified atom stereocenters. The van der Waals surface area contributed by atoms with Crippen molar-refractivity contribution in [3.63, 3.8) is 0 Å². The number of rotatable bonds is 2. The Morgan fingerprint density at radius 1 is 1.18 bits per heavy atom. The number of nitrogens with zero attached hydrogens (tertiary/aromatic N) is 1. The quantitative estimate of drug-likeness (QED) is 0.814. The minimum Gasteiger partial charge on any atom is -0.481 e. The third-order valence-electron chi connectivity index (χ3n) is 4.64. The van der Waals surface area contributed by atoms with E-state index in [0.29, 0.717) is 25.4 Å². The molecule has 0 saturated carbocycles. The van der Waals surface area contributed by atoms with Crippen LogP contribution in [0.4, 0.5) is 4.79 Å². The van der Waals surface area contributed by atoms with Gasteiger partial charge in [-0.2, -0.15) is 0 Å². The first-order valence-electron chi connectivity index (χ1n) is 8.19. The fourth-order valence-electron chi connectivity index (χ4n) is 3.52. The highest BCUT2D eigenvalue weighted by Crippen LogP contribution is 2.33. The van der Waals surface area contributed by atoms with Gasteiger partial charge in [-0.05, 0) is 65.0 Å². The fraction of sp³-hybridized carbons (Fsp3) is 0.875. The van der Waals surface area contributed by atoms with Gasteiger partial charge < -0.3 is 20.1 Å². The molecule has 2 heterocycles. The molecule has 6 nitrogen and oxygen atoms in total. The van der Waals surface area contributed by atoms with Crippen molar-refractivity contribution in [1.29, 1.82) is 0 Å². The minimum absolute atomic E-state index is 0.173. The number of ether oxygens (including phenoxy) is 1. The number of hydrogen-bond donors (Lipinski definition) is 2. The van der Waals surface area contributed by atoms with E-state index in [2.05, 4.69) is 5.32 Å². The maximum atomic E-state index is 12.1. The molecule has 0 bridgehead atoms. The predicted octanol–water partition coefficient (Wildman–Crippen LogP) is 1.94. The maximum absolute atomic E-state index is 12.1. The summed E-state index contributed by atoms with van der Waals surface area (Å²) in [6.07, 6.45) is 2.15. The van der Waals surface area contributed by atoms with Gasteiger partial charge in [-0.3, -0.25) is 4.79 Å².